The first kappa shape index (κ1) is 25.0. The summed E-state index contributed by atoms with van der Waals surface area (Å²) < 4.78 is 102. The van der Waals surface area contributed by atoms with E-state index in [2.05, 4.69) is 10.3 Å². The number of amides is 1. The van der Waals surface area contributed by atoms with E-state index in [1.165, 1.54) is 0 Å². The molecule has 12 heteroatoms. The van der Waals surface area contributed by atoms with E-state index in [1.54, 1.807) is 0 Å². The molecule has 1 amide bonds. The molecule has 1 N–H and O–H groups in total. The van der Waals surface area contributed by atoms with Gasteiger partial charge in [0.15, 0.2) is 9.84 Å². The normalized spacial score (nSPS) is 19.8. The molecule has 0 radical (unpaired) electrons. The van der Waals surface area contributed by atoms with Gasteiger partial charge in [0.1, 0.15) is 5.69 Å². The van der Waals surface area contributed by atoms with Crippen molar-refractivity contribution >= 4 is 15.7 Å². The molecule has 180 valence electrons. The summed E-state index contributed by atoms with van der Waals surface area (Å²) >= 11 is 0. The van der Waals surface area contributed by atoms with Crippen LogP contribution in [0.4, 0.5) is 26.3 Å². The molecule has 0 spiro atoms. The molecule has 1 fully saturated rings. The summed E-state index contributed by atoms with van der Waals surface area (Å²) in [6, 6.07) is 5.06. The summed E-state index contributed by atoms with van der Waals surface area (Å²) in [4.78, 5) is 15.1. The number of sulfone groups is 1. The minimum Gasteiger partial charge on any atom is -0.349 e. The Kier molecular flexibility index (Phi) is 7.06. The molecule has 3 rings (SSSR count). The van der Waals surface area contributed by atoms with E-state index in [1.807, 2.05) is 0 Å². The Morgan fingerprint density at radius 3 is 2.18 bits per heavy atom. The van der Waals surface area contributed by atoms with E-state index < -0.39 is 39.4 Å². The Bertz CT molecular complexity index is 1090. The second-order valence-corrected chi connectivity index (χ2v) is 9.96. The van der Waals surface area contributed by atoms with Crippen molar-refractivity contribution in [1.82, 2.24) is 10.3 Å². The molecule has 1 heterocycles. The summed E-state index contributed by atoms with van der Waals surface area (Å²) in [7, 11) is -3.93. The van der Waals surface area contributed by atoms with Crippen LogP contribution in [0.25, 0.3) is 0 Å². The van der Waals surface area contributed by atoms with Crippen molar-refractivity contribution in [3.05, 3.63) is 59.4 Å². The topological polar surface area (TPSA) is 76.1 Å². The second kappa shape index (κ2) is 9.32. The zero-order valence-corrected chi connectivity index (χ0v) is 17.9. The first-order chi connectivity index (χ1) is 15.3. The highest BCUT2D eigenvalue weighted by Gasteiger charge is 2.34. The van der Waals surface area contributed by atoms with Gasteiger partial charge in [-0.05, 0) is 61.9 Å². The molecule has 1 aromatic heterocycles. The average Bonchev–Trinajstić information content (AvgIpc) is 2.74. The highest BCUT2D eigenvalue weighted by molar-refractivity contribution is 7.91. The minimum absolute atomic E-state index is 0.0303. The number of rotatable bonds is 5. The van der Waals surface area contributed by atoms with Crippen LogP contribution in [0, 0.1) is 5.92 Å². The number of alkyl halides is 6. The Labute approximate surface area is 186 Å². The SMILES string of the molecule is O=C(NC1CCC(CS(=O)(=O)c2cccc(C(F)(F)F)c2)CC1)c1ccc(C(F)(F)F)nc1. The van der Waals surface area contributed by atoms with E-state index in [0.29, 0.717) is 37.8 Å². The number of halogens is 6. The van der Waals surface area contributed by atoms with Gasteiger partial charge in [-0.25, -0.2) is 8.42 Å². The number of carbonyl (C=O) groups is 1. The molecule has 0 atom stereocenters. The number of carbonyl (C=O) groups excluding carboxylic acids is 1. The number of nitrogens with zero attached hydrogens (tertiary/aromatic N) is 1. The number of hydrogen-bond acceptors (Lipinski definition) is 4. The molecule has 0 bridgehead atoms. The Hall–Kier alpha value is -2.63. The number of hydrogen-bond donors (Lipinski definition) is 1. The van der Waals surface area contributed by atoms with Crippen LogP contribution in [0.5, 0.6) is 0 Å². The van der Waals surface area contributed by atoms with Crippen LogP contribution in [0.2, 0.25) is 0 Å². The summed E-state index contributed by atoms with van der Waals surface area (Å²) in [5, 5.41) is 2.70. The second-order valence-electron chi connectivity index (χ2n) is 7.93. The summed E-state index contributed by atoms with van der Waals surface area (Å²) in [5.74, 6) is -1.18. The van der Waals surface area contributed by atoms with Crippen LogP contribution in [-0.2, 0) is 22.2 Å². The molecule has 33 heavy (non-hydrogen) atoms. The van der Waals surface area contributed by atoms with Gasteiger partial charge in [-0.3, -0.25) is 9.78 Å². The van der Waals surface area contributed by atoms with E-state index in [9.17, 15) is 39.6 Å². The summed E-state index contributed by atoms with van der Waals surface area (Å²) in [6.07, 6.45) is -6.70. The molecule has 1 saturated carbocycles. The minimum atomic E-state index is -4.65. The van der Waals surface area contributed by atoms with E-state index in [-0.39, 0.29) is 28.2 Å². The molecule has 0 saturated heterocycles. The largest absolute Gasteiger partial charge is 0.433 e. The molecular formula is C21H20F6N2O3S. The summed E-state index contributed by atoms with van der Waals surface area (Å²) in [6.45, 7) is 0. The third-order valence-electron chi connectivity index (χ3n) is 5.47. The average molecular weight is 494 g/mol. The zero-order valence-electron chi connectivity index (χ0n) is 17.1. The highest BCUT2D eigenvalue weighted by atomic mass is 32.2. The molecule has 1 aromatic carbocycles. The van der Waals surface area contributed by atoms with Crippen molar-refractivity contribution in [2.75, 3.05) is 5.75 Å². The van der Waals surface area contributed by atoms with Gasteiger partial charge >= 0.3 is 12.4 Å². The lowest BCUT2D eigenvalue weighted by molar-refractivity contribution is -0.141. The van der Waals surface area contributed by atoms with Crippen molar-refractivity contribution in [2.24, 2.45) is 5.92 Å². The smallest absolute Gasteiger partial charge is 0.349 e. The van der Waals surface area contributed by atoms with Crippen molar-refractivity contribution < 1.29 is 39.6 Å². The fraction of sp³-hybridized carbons (Fsp3) is 0.429. The molecule has 2 aromatic rings. The predicted octanol–water partition coefficient (Wildman–Crippen LogP) is 4.88. The van der Waals surface area contributed by atoms with Gasteiger partial charge in [0.05, 0.1) is 21.8 Å². The molecule has 0 unspecified atom stereocenters. The van der Waals surface area contributed by atoms with Crippen LogP contribution in [0.15, 0.2) is 47.5 Å². The monoisotopic (exact) mass is 494 g/mol. The summed E-state index contributed by atoms with van der Waals surface area (Å²) in [5.41, 5.74) is -2.17. The molecular weight excluding hydrogens is 474 g/mol. The first-order valence-electron chi connectivity index (χ1n) is 10.00. The Morgan fingerprint density at radius 1 is 0.970 bits per heavy atom. The van der Waals surface area contributed by atoms with Crippen LogP contribution in [0.3, 0.4) is 0 Å². The lowest BCUT2D eigenvalue weighted by Gasteiger charge is -2.29. The quantitative estimate of drug-likeness (QED) is 0.601. The maximum atomic E-state index is 12.9. The number of nitrogens with one attached hydrogen (secondary N) is 1. The standard InChI is InChI=1S/C21H20F6N2O3S/c22-20(23,24)15-2-1-3-17(10-15)33(31,32)12-13-4-7-16(8-5-13)29-19(30)14-6-9-18(28-11-14)21(25,26)27/h1-3,6,9-11,13,16H,4-5,7-8,12H2,(H,29,30). The van der Waals surface area contributed by atoms with Crippen LogP contribution >= 0.6 is 0 Å². The number of benzene rings is 1. The van der Waals surface area contributed by atoms with Crippen LogP contribution in [-0.4, -0.2) is 31.1 Å². The Balaban J connectivity index is 1.55. The Morgan fingerprint density at radius 2 is 1.64 bits per heavy atom. The molecule has 1 aliphatic carbocycles. The maximum absolute atomic E-state index is 12.9. The van der Waals surface area contributed by atoms with E-state index in [0.717, 1.165) is 30.5 Å². The van der Waals surface area contributed by atoms with E-state index >= 15 is 0 Å². The first-order valence-corrected chi connectivity index (χ1v) is 11.6. The van der Waals surface area contributed by atoms with Gasteiger partial charge in [-0.2, -0.15) is 26.3 Å². The van der Waals surface area contributed by atoms with Crippen molar-refractivity contribution in [3.63, 3.8) is 0 Å². The van der Waals surface area contributed by atoms with Gasteiger partial charge < -0.3 is 5.32 Å². The zero-order chi connectivity index (χ0) is 24.4. The lowest BCUT2D eigenvalue weighted by Crippen LogP contribution is -2.38. The van der Waals surface area contributed by atoms with Gasteiger partial charge in [-0.1, -0.05) is 6.07 Å². The third-order valence-corrected chi connectivity index (χ3v) is 7.36. The van der Waals surface area contributed by atoms with Gasteiger partial charge in [0.2, 0.25) is 0 Å². The number of aromatic nitrogens is 1. The van der Waals surface area contributed by atoms with Crippen molar-refractivity contribution in [3.8, 4) is 0 Å². The van der Waals surface area contributed by atoms with Gasteiger partial charge in [0, 0.05) is 12.2 Å². The third kappa shape index (κ3) is 6.46. The molecule has 5 nitrogen and oxygen atoms in total. The molecule has 0 aliphatic heterocycles. The fourth-order valence-electron chi connectivity index (χ4n) is 3.71. The van der Waals surface area contributed by atoms with Gasteiger partial charge in [-0.15, -0.1) is 0 Å². The fourth-order valence-corrected chi connectivity index (χ4v) is 5.45. The van der Waals surface area contributed by atoms with Gasteiger partial charge in [0.25, 0.3) is 5.91 Å². The highest BCUT2D eigenvalue weighted by Crippen LogP contribution is 2.32. The number of pyridine rings is 1. The van der Waals surface area contributed by atoms with Crippen LogP contribution in [0.1, 0.15) is 47.3 Å². The van der Waals surface area contributed by atoms with Crippen molar-refractivity contribution in [1.29, 1.82) is 0 Å². The lowest BCUT2D eigenvalue weighted by atomic mass is 9.87. The maximum Gasteiger partial charge on any atom is 0.433 e. The van der Waals surface area contributed by atoms with Crippen LogP contribution < -0.4 is 5.32 Å². The van der Waals surface area contributed by atoms with E-state index in [4.69, 9.17) is 0 Å². The van der Waals surface area contributed by atoms with Crippen molar-refractivity contribution in [2.45, 2.75) is 49.0 Å². The predicted molar refractivity (Wildman–Crippen MR) is 106 cm³/mol. The molecule has 1 aliphatic rings.